The molecule has 168 valence electrons. The lowest BCUT2D eigenvalue weighted by atomic mass is 10.1. The van der Waals surface area contributed by atoms with E-state index in [2.05, 4.69) is 10.0 Å². The van der Waals surface area contributed by atoms with Crippen molar-refractivity contribution in [2.24, 2.45) is 5.11 Å². The predicted octanol–water partition coefficient (Wildman–Crippen LogP) is 4.74. The second-order valence-electron chi connectivity index (χ2n) is 7.05. The van der Waals surface area contributed by atoms with Crippen LogP contribution in [0.1, 0.15) is 16.7 Å². The summed E-state index contributed by atoms with van der Waals surface area (Å²) in [6.07, 6.45) is -1.48. The second kappa shape index (κ2) is 12.7. The Morgan fingerprint density at radius 2 is 1.12 bits per heavy atom. The van der Waals surface area contributed by atoms with E-state index in [1.165, 1.54) is 0 Å². The van der Waals surface area contributed by atoms with Gasteiger partial charge in [-0.3, -0.25) is 4.79 Å². The van der Waals surface area contributed by atoms with Gasteiger partial charge in [-0.15, -0.1) is 0 Å². The number of ether oxygens (including phenoxy) is 3. The molecule has 0 saturated carbocycles. The molecule has 0 N–H and O–H groups in total. The molecule has 0 aliphatic carbocycles. The van der Waals surface area contributed by atoms with Crippen molar-refractivity contribution >= 4 is 11.9 Å². The number of carbonyl (C=O) groups excluding carboxylic acids is 2. The monoisotopic (exact) mass is 445 g/mol. The summed E-state index contributed by atoms with van der Waals surface area (Å²) in [5, 5.41) is 3.51. The summed E-state index contributed by atoms with van der Waals surface area (Å²) in [6.45, 7) is -0.0517. The van der Waals surface area contributed by atoms with Crippen molar-refractivity contribution in [1.82, 2.24) is 0 Å². The van der Waals surface area contributed by atoms with E-state index < -0.39 is 24.1 Å². The largest absolute Gasteiger partial charge is 0.460 e. The van der Waals surface area contributed by atoms with Crippen LogP contribution < -0.4 is 0 Å². The van der Waals surface area contributed by atoms with Gasteiger partial charge >= 0.3 is 11.9 Å². The molecule has 3 aromatic carbocycles. The van der Waals surface area contributed by atoms with Crippen molar-refractivity contribution in [3.63, 3.8) is 0 Å². The van der Waals surface area contributed by atoms with Crippen LogP contribution in [-0.4, -0.2) is 24.1 Å². The van der Waals surface area contributed by atoms with Gasteiger partial charge in [-0.2, -0.15) is 0 Å². The average molecular weight is 445 g/mol. The summed E-state index contributed by atoms with van der Waals surface area (Å²) in [5.74, 6) is -1.71. The molecule has 0 fully saturated rings. The van der Waals surface area contributed by atoms with Gasteiger partial charge in [-0.1, -0.05) is 96.1 Å². The summed E-state index contributed by atoms with van der Waals surface area (Å²) in [6, 6.07) is 25.6. The topological polar surface area (TPSA) is 111 Å². The Morgan fingerprint density at radius 1 is 0.697 bits per heavy atom. The number of rotatable bonds is 11. The number of nitrogens with zero attached hydrogens (tertiary/aromatic N) is 3. The average Bonchev–Trinajstić information content (AvgIpc) is 2.87. The summed E-state index contributed by atoms with van der Waals surface area (Å²) in [4.78, 5) is 28.4. The van der Waals surface area contributed by atoms with Crippen LogP contribution >= 0.6 is 0 Å². The van der Waals surface area contributed by atoms with E-state index in [-0.39, 0.29) is 19.8 Å². The molecule has 0 aliphatic heterocycles. The van der Waals surface area contributed by atoms with E-state index in [4.69, 9.17) is 19.7 Å². The van der Waals surface area contributed by atoms with Gasteiger partial charge < -0.3 is 14.2 Å². The Balaban J connectivity index is 1.74. The minimum absolute atomic E-state index is 0.00928. The molecule has 0 spiro atoms. The molecule has 8 nitrogen and oxygen atoms in total. The molecule has 0 radical (unpaired) electrons. The third-order valence-electron chi connectivity index (χ3n) is 4.66. The summed E-state index contributed by atoms with van der Waals surface area (Å²) in [5.41, 5.74) is 11.3. The van der Waals surface area contributed by atoms with Crippen LogP contribution in [0.5, 0.6) is 0 Å². The fraction of sp³-hybridized carbons (Fsp3) is 0.200. The molecule has 2 atom stereocenters. The van der Waals surface area contributed by atoms with Gasteiger partial charge in [0.15, 0.2) is 12.1 Å². The zero-order valence-corrected chi connectivity index (χ0v) is 17.8. The molecule has 33 heavy (non-hydrogen) atoms. The zero-order valence-electron chi connectivity index (χ0n) is 17.8. The molecule has 0 heterocycles. The number of hydrogen-bond donors (Lipinski definition) is 0. The minimum Gasteiger partial charge on any atom is -0.460 e. The molecule has 0 amide bonds. The maximum atomic E-state index is 12.9. The van der Waals surface area contributed by atoms with Crippen LogP contribution in [0.2, 0.25) is 0 Å². The van der Waals surface area contributed by atoms with Crippen molar-refractivity contribution < 1.29 is 23.8 Å². The second-order valence-corrected chi connectivity index (χ2v) is 7.05. The third kappa shape index (κ3) is 7.50. The van der Waals surface area contributed by atoms with E-state index in [1.54, 1.807) is 36.4 Å². The van der Waals surface area contributed by atoms with Crippen molar-refractivity contribution in [2.75, 3.05) is 0 Å². The molecule has 0 aliphatic rings. The number of esters is 2. The Bertz CT molecular complexity index is 1070. The Morgan fingerprint density at radius 3 is 1.58 bits per heavy atom. The van der Waals surface area contributed by atoms with E-state index in [0.717, 1.165) is 16.7 Å². The molecule has 0 saturated heterocycles. The van der Waals surface area contributed by atoms with E-state index in [9.17, 15) is 9.59 Å². The van der Waals surface area contributed by atoms with Crippen LogP contribution in [0, 0.1) is 0 Å². The van der Waals surface area contributed by atoms with Crippen LogP contribution in [0.25, 0.3) is 10.4 Å². The molecule has 0 bridgehead atoms. The summed E-state index contributed by atoms with van der Waals surface area (Å²) in [7, 11) is 0. The molecule has 8 heteroatoms. The quantitative estimate of drug-likeness (QED) is 0.183. The van der Waals surface area contributed by atoms with Crippen LogP contribution in [0.3, 0.4) is 0 Å². The summed E-state index contributed by atoms with van der Waals surface area (Å²) >= 11 is 0. The molecule has 3 rings (SSSR count). The molecular weight excluding hydrogens is 422 g/mol. The predicted molar refractivity (Wildman–Crippen MR) is 120 cm³/mol. The number of hydrogen-bond acceptors (Lipinski definition) is 6. The first kappa shape index (κ1) is 23.5. The van der Waals surface area contributed by atoms with E-state index >= 15 is 0 Å². The fourth-order valence-electron chi connectivity index (χ4n) is 2.96. The highest BCUT2D eigenvalue weighted by atomic mass is 16.6. The molecular formula is C25H23N3O5. The normalized spacial score (nSPS) is 12.1. The Labute approximate surface area is 191 Å². The van der Waals surface area contributed by atoms with Gasteiger partial charge in [0, 0.05) is 4.91 Å². The van der Waals surface area contributed by atoms with E-state index in [1.807, 2.05) is 54.6 Å². The van der Waals surface area contributed by atoms with Gasteiger partial charge in [-0.25, -0.2) is 4.79 Å². The van der Waals surface area contributed by atoms with Crippen molar-refractivity contribution in [2.45, 2.75) is 32.0 Å². The number of benzene rings is 3. The Hall–Kier alpha value is -4.13. The summed E-state index contributed by atoms with van der Waals surface area (Å²) < 4.78 is 16.4. The first-order valence-electron chi connectivity index (χ1n) is 10.3. The third-order valence-corrected chi connectivity index (χ3v) is 4.66. The lowest BCUT2D eigenvalue weighted by Crippen LogP contribution is -2.42. The highest BCUT2D eigenvalue weighted by Crippen LogP contribution is 2.15. The zero-order chi connectivity index (χ0) is 23.3. The Kier molecular flexibility index (Phi) is 9.03. The molecule has 0 aromatic heterocycles. The van der Waals surface area contributed by atoms with Gasteiger partial charge in [0.2, 0.25) is 0 Å². The van der Waals surface area contributed by atoms with Crippen molar-refractivity contribution in [1.29, 1.82) is 0 Å². The lowest BCUT2D eigenvalue weighted by molar-refractivity contribution is -0.168. The number of carbonyl (C=O) groups is 2. The highest BCUT2D eigenvalue weighted by molar-refractivity contribution is 5.86. The maximum absolute atomic E-state index is 12.9. The minimum atomic E-state index is -1.55. The SMILES string of the molecule is [N-]=[N+]=N[C@H](C(=O)OCc1ccccc1)[C@H](OCc1ccccc1)C(=O)OCc1ccccc1. The first-order valence-corrected chi connectivity index (χ1v) is 10.3. The van der Waals surface area contributed by atoms with Gasteiger partial charge in [0.1, 0.15) is 13.2 Å². The van der Waals surface area contributed by atoms with Crippen LogP contribution in [0.4, 0.5) is 0 Å². The smallest absolute Gasteiger partial charge is 0.336 e. The van der Waals surface area contributed by atoms with Gasteiger partial charge in [0.05, 0.1) is 6.61 Å². The molecule has 0 unspecified atom stereocenters. The molecule has 3 aromatic rings. The number of azide groups is 1. The van der Waals surface area contributed by atoms with E-state index in [0.29, 0.717) is 0 Å². The van der Waals surface area contributed by atoms with Crippen LogP contribution in [0.15, 0.2) is 96.1 Å². The van der Waals surface area contributed by atoms with Crippen molar-refractivity contribution in [3.05, 3.63) is 118 Å². The lowest BCUT2D eigenvalue weighted by Gasteiger charge is -2.21. The fourth-order valence-corrected chi connectivity index (χ4v) is 2.96. The standard InChI is InChI=1S/C25H23N3O5/c26-28-27-22(24(29)32-17-20-12-6-2-7-13-20)23(31-16-19-10-4-1-5-11-19)25(30)33-18-21-14-8-3-9-15-21/h1-15,22-23H,16-18H2/t22-,23-/m0/s1. The highest BCUT2D eigenvalue weighted by Gasteiger charge is 2.37. The van der Waals surface area contributed by atoms with Crippen molar-refractivity contribution in [3.8, 4) is 0 Å². The van der Waals surface area contributed by atoms with Gasteiger partial charge in [0.25, 0.3) is 0 Å². The first-order chi connectivity index (χ1) is 16.2. The maximum Gasteiger partial charge on any atom is 0.336 e. The van der Waals surface area contributed by atoms with Gasteiger partial charge in [-0.05, 0) is 22.2 Å². The van der Waals surface area contributed by atoms with Crippen LogP contribution in [-0.2, 0) is 43.6 Å².